The van der Waals surface area contributed by atoms with Crippen LogP contribution in [0.15, 0.2) is 91.0 Å². The molecular weight excluding hydrogens is 392 g/mol. The summed E-state index contributed by atoms with van der Waals surface area (Å²) in [5.74, 6) is 0.792. The minimum absolute atomic E-state index is 0.668. The number of hydrogen-bond donors (Lipinski definition) is 1. The summed E-state index contributed by atoms with van der Waals surface area (Å²) in [7, 11) is 1.67. The molecule has 4 heteroatoms. The summed E-state index contributed by atoms with van der Waals surface area (Å²) in [5.41, 5.74) is 6.10. The smallest absolute Gasteiger partial charge is 0.119 e. The zero-order valence-electron chi connectivity index (χ0n) is 16.4. The molecule has 1 N–H and O–H groups in total. The molecule has 0 bridgehead atoms. The number of anilines is 2. The highest BCUT2D eigenvalue weighted by atomic mass is 35.5. The third-order valence-corrected chi connectivity index (χ3v) is 5.44. The Morgan fingerprint density at radius 3 is 2.27 bits per heavy atom. The van der Waals surface area contributed by atoms with Gasteiger partial charge in [-0.15, -0.1) is 0 Å². The van der Waals surface area contributed by atoms with E-state index in [1.807, 2.05) is 42.5 Å². The molecule has 0 saturated carbocycles. The molecule has 0 saturated heterocycles. The van der Waals surface area contributed by atoms with Crippen molar-refractivity contribution in [3.63, 3.8) is 0 Å². The maximum Gasteiger partial charge on any atom is 0.119 e. The van der Waals surface area contributed by atoms with Crippen LogP contribution in [0.3, 0.4) is 0 Å². The number of rotatable bonds is 4. The van der Waals surface area contributed by atoms with E-state index in [0.29, 0.717) is 5.02 Å². The van der Waals surface area contributed by atoms with E-state index in [2.05, 4.69) is 53.8 Å². The van der Waals surface area contributed by atoms with Crippen LogP contribution in [0.5, 0.6) is 5.75 Å². The van der Waals surface area contributed by atoms with Gasteiger partial charge in [0.2, 0.25) is 0 Å². The van der Waals surface area contributed by atoms with Gasteiger partial charge in [-0.3, -0.25) is 0 Å². The van der Waals surface area contributed by atoms with Gasteiger partial charge in [0.05, 0.1) is 23.8 Å². The Morgan fingerprint density at radius 1 is 0.733 bits per heavy atom. The van der Waals surface area contributed by atoms with E-state index >= 15 is 0 Å². The molecule has 0 fully saturated rings. The second-order valence-corrected chi connectivity index (χ2v) is 7.54. The Morgan fingerprint density at radius 2 is 1.50 bits per heavy atom. The Kier molecular flexibility index (Phi) is 4.74. The summed E-state index contributed by atoms with van der Waals surface area (Å²) in [4.78, 5) is 4.79. The highest BCUT2D eigenvalue weighted by Gasteiger charge is 2.11. The lowest BCUT2D eigenvalue weighted by Gasteiger charge is -2.15. The fourth-order valence-corrected chi connectivity index (χ4v) is 3.85. The number of nitrogens with one attached hydrogen (secondary N) is 1. The van der Waals surface area contributed by atoms with Crippen LogP contribution in [0.4, 0.5) is 11.4 Å². The van der Waals surface area contributed by atoms with Crippen LogP contribution in [0.25, 0.3) is 32.9 Å². The van der Waals surface area contributed by atoms with Crippen molar-refractivity contribution in [1.29, 1.82) is 0 Å². The fourth-order valence-electron chi connectivity index (χ4n) is 3.68. The molecule has 30 heavy (non-hydrogen) atoms. The minimum Gasteiger partial charge on any atom is -0.497 e. The van der Waals surface area contributed by atoms with E-state index < -0.39 is 0 Å². The summed E-state index contributed by atoms with van der Waals surface area (Å²) >= 11 is 6.23. The van der Waals surface area contributed by atoms with Crippen molar-refractivity contribution in [3.8, 4) is 16.9 Å². The van der Waals surface area contributed by atoms with E-state index in [1.165, 1.54) is 11.1 Å². The van der Waals surface area contributed by atoms with Gasteiger partial charge in [-0.25, -0.2) is 4.98 Å². The number of methoxy groups -OCH3 is 1. The lowest BCUT2D eigenvalue weighted by Crippen LogP contribution is -1.96. The third-order valence-electron chi connectivity index (χ3n) is 5.20. The maximum atomic E-state index is 6.23. The van der Waals surface area contributed by atoms with Gasteiger partial charge >= 0.3 is 0 Å². The van der Waals surface area contributed by atoms with Crippen molar-refractivity contribution in [1.82, 2.24) is 4.98 Å². The van der Waals surface area contributed by atoms with Gasteiger partial charge in [-0.2, -0.15) is 0 Å². The van der Waals surface area contributed by atoms with Crippen molar-refractivity contribution in [3.05, 3.63) is 96.0 Å². The van der Waals surface area contributed by atoms with Gasteiger partial charge in [0.15, 0.2) is 0 Å². The van der Waals surface area contributed by atoms with E-state index in [-0.39, 0.29) is 0 Å². The standard InChI is InChI=1S/C26H19ClN2O/c1-30-21-12-14-24-23(16-21)26(22-13-9-19(27)15-25(22)29-24)28-20-10-7-18(8-11-20)17-5-3-2-4-6-17/h2-16H,1H3,(H,28,29). The second-order valence-electron chi connectivity index (χ2n) is 7.10. The molecule has 0 aliphatic carbocycles. The highest BCUT2D eigenvalue weighted by Crippen LogP contribution is 2.36. The van der Waals surface area contributed by atoms with Gasteiger partial charge in [0, 0.05) is 21.5 Å². The molecule has 146 valence electrons. The van der Waals surface area contributed by atoms with E-state index in [9.17, 15) is 0 Å². The van der Waals surface area contributed by atoms with Gasteiger partial charge in [-0.05, 0) is 59.7 Å². The molecule has 1 heterocycles. The van der Waals surface area contributed by atoms with E-state index in [4.69, 9.17) is 21.3 Å². The topological polar surface area (TPSA) is 34.1 Å². The first-order valence-corrected chi connectivity index (χ1v) is 10.1. The molecule has 0 aliphatic heterocycles. The molecule has 3 nitrogen and oxygen atoms in total. The van der Waals surface area contributed by atoms with Gasteiger partial charge in [-0.1, -0.05) is 54.1 Å². The summed E-state index contributed by atoms with van der Waals surface area (Å²) in [6, 6.07) is 30.5. The molecule has 0 amide bonds. The first-order chi connectivity index (χ1) is 14.7. The first kappa shape index (κ1) is 18.5. The molecule has 1 aromatic heterocycles. The SMILES string of the molecule is COc1ccc2nc3cc(Cl)ccc3c(Nc3ccc(-c4ccccc4)cc3)c2c1. The van der Waals surface area contributed by atoms with E-state index in [0.717, 1.165) is 38.9 Å². The largest absolute Gasteiger partial charge is 0.497 e. The van der Waals surface area contributed by atoms with Crippen molar-refractivity contribution < 1.29 is 4.74 Å². The zero-order chi connectivity index (χ0) is 20.5. The lowest BCUT2D eigenvalue weighted by atomic mass is 10.0. The zero-order valence-corrected chi connectivity index (χ0v) is 17.1. The third kappa shape index (κ3) is 3.44. The molecule has 0 radical (unpaired) electrons. The number of ether oxygens (including phenoxy) is 1. The average Bonchev–Trinajstić information content (AvgIpc) is 2.79. The monoisotopic (exact) mass is 410 g/mol. The molecular formula is C26H19ClN2O. The number of pyridine rings is 1. The normalized spacial score (nSPS) is 11.0. The molecule has 4 aromatic carbocycles. The molecule has 5 rings (SSSR count). The van der Waals surface area contributed by atoms with Gasteiger partial charge in [0.25, 0.3) is 0 Å². The number of halogens is 1. The first-order valence-electron chi connectivity index (χ1n) is 9.71. The van der Waals surface area contributed by atoms with E-state index in [1.54, 1.807) is 7.11 Å². The quantitative estimate of drug-likeness (QED) is 0.312. The Hall–Kier alpha value is -3.56. The van der Waals surface area contributed by atoms with Crippen molar-refractivity contribution >= 4 is 44.8 Å². The summed E-state index contributed by atoms with van der Waals surface area (Å²) in [5, 5.41) is 6.27. The number of benzene rings is 4. The van der Waals surface area contributed by atoms with Crippen LogP contribution in [0, 0.1) is 0 Å². The Labute approximate surface area is 179 Å². The fraction of sp³-hybridized carbons (Fsp3) is 0.0385. The van der Waals surface area contributed by atoms with Crippen LogP contribution in [-0.4, -0.2) is 12.1 Å². The number of fused-ring (bicyclic) bond motifs is 2. The van der Waals surface area contributed by atoms with Gasteiger partial charge in [0.1, 0.15) is 5.75 Å². The minimum atomic E-state index is 0.668. The summed E-state index contributed by atoms with van der Waals surface area (Å²) in [6.45, 7) is 0. The van der Waals surface area contributed by atoms with Crippen molar-refractivity contribution in [2.24, 2.45) is 0 Å². The summed E-state index contributed by atoms with van der Waals surface area (Å²) < 4.78 is 5.45. The molecule has 0 unspecified atom stereocenters. The van der Waals surface area contributed by atoms with Gasteiger partial charge < -0.3 is 10.1 Å². The number of aromatic nitrogens is 1. The van der Waals surface area contributed by atoms with Crippen molar-refractivity contribution in [2.45, 2.75) is 0 Å². The molecule has 0 atom stereocenters. The average molecular weight is 411 g/mol. The second kappa shape index (κ2) is 7.69. The molecule has 0 spiro atoms. The predicted molar refractivity (Wildman–Crippen MR) is 126 cm³/mol. The van der Waals surface area contributed by atoms with Crippen LogP contribution in [-0.2, 0) is 0 Å². The maximum absolute atomic E-state index is 6.23. The Bertz CT molecular complexity index is 1350. The lowest BCUT2D eigenvalue weighted by molar-refractivity contribution is 0.415. The predicted octanol–water partition coefficient (Wildman–Crippen LogP) is 7.46. The Balaban J connectivity index is 1.63. The molecule has 0 aliphatic rings. The van der Waals surface area contributed by atoms with Crippen LogP contribution < -0.4 is 10.1 Å². The van der Waals surface area contributed by atoms with Crippen molar-refractivity contribution in [2.75, 3.05) is 12.4 Å². The highest BCUT2D eigenvalue weighted by molar-refractivity contribution is 6.31. The summed E-state index contributed by atoms with van der Waals surface area (Å²) in [6.07, 6.45) is 0. The van der Waals surface area contributed by atoms with Crippen LogP contribution in [0.1, 0.15) is 0 Å². The number of hydrogen-bond acceptors (Lipinski definition) is 3. The van der Waals surface area contributed by atoms with Crippen LogP contribution in [0.2, 0.25) is 5.02 Å². The molecule has 5 aromatic rings. The van der Waals surface area contributed by atoms with Crippen LogP contribution >= 0.6 is 11.6 Å². The number of nitrogens with zero attached hydrogens (tertiary/aromatic N) is 1.